The lowest BCUT2D eigenvalue weighted by Gasteiger charge is -2.19. The molecule has 3 heteroatoms. The minimum atomic E-state index is -0.0359. The molecule has 0 bridgehead atoms. The van der Waals surface area contributed by atoms with Gasteiger partial charge in [0.25, 0.3) is 0 Å². The highest BCUT2D eigenvalue weighted by Gasteiger charge is 2.16. The monoisotopic (exact) mass is 231 g/mol. The van der Waals surface area contributed by atoms with Crippen LogP contribution in [0.5, 0.6) is 0 Å². The van der Waals surface area contributed by atoms with Crippen LogP contribution in [-0.4, -0.2) is 0 Å². The van der Waals surface area contributed by atoms with Gasteiger partial charge in [-0.3, -0.25) is 0 Å². The van der Waals surface area contributed by atoms with E-state index < -0.39 is 0 Å². The van der Waals surface area contributed by atoms with Crippen molar-refractivity contribution in [3.8, 4) is 0 Å². The average molecular weight is 232 g/mol. The molecule has 0 saturated heterocycles. The van der Waals surface area contributed by atoms with Gasteiger partial charge in [-0.25, -0.2) is 0 Å². The van der Waals surface area contributed by atoms with Crippen LogP contribution in [0.2, 0.25) is 10.0 Å². The van der Waals surface area contributed by atoms with Crippen LogP contribution < -0.4 is 5.73 Å². The van der Waals surface area contributed by atoms with Gasteiger partial charge in [-0.1, -0.05) is 43.5 Å². The fourth-order valence-corrected chi connectivity index (χ4v) is 1.75. The van der Waals surface area contributed by atoms with Gasteiger partial charge in [-0.15, -0.1) is 0 Å². The Labute approximate surface area is 95.2 Å². The topological polar surface area (TPSA) is 26.0 Å². The van der Waals surface area contributed by atoms with Crippen molar-refractivity contribution in [1.29, 1.82) is 0 Å². The van der Waals surface area contributed by atoms with Crippen molar-refractivity contribution >= 4 is 23.2 Å². The number of rotatable bonds is 3. The molecule has 0 spiro atoms. The van der Waals surface area contributed by atoms with Crippen LogP contribution >= 0.6 is 23.2 Å². The van der Waals surface area contributed by atoms with E-state index in [1.807, 2.05) is 6.07 Å². The smallest absolute Gasteiger partial charge is 0.0454 e. The van der Waals surface area contributed by atoms with E-state index in [0.717, 1.165) is 12.0 Å². The van der Waals surface area contributed by atoms with Crippen LogP contribution in [0.15, 0.2) is 18.2 Å². The van der Waals surface area contributed by atoms with E-state index in [-0.39, 0.29) is 6.04 Å². The van der Waals surface area contributed by atoms with E-state index in [1.165, 1.54) is 0 Å². The van der Waals surface area contributed by atoms with Gasteiger partial charge in [0.15, 0.2) is 0 Å². The van der Waals surface area contributed by atoms with Crippen molar-refractivity contribution in [1.82, 2.24) is 0 Å². The summed E-state index contributed by atoms with van der Waals surface area (Å²) in [4.78, 5) is 0. The van der Waals surface area contributed by atoms with E-state index in [1.54, 1.807) is 12.1 Å². The van der Waals surface area contributed by atoms with Gasteiger partial charge in [0, 0.05) is 16.1 Å². The Morgan fingerprint density at radius 3 is 2.57 bits per heavy atom. The number of hydrogen-bond acceptors (Lipinski definition) is 1. The molecule has 1 rings (SSSR count). The molecule has 1 aromatic rings. The van der Waals surface area contributed by atoms with Gasteiger partial charge < -0.3 is 5.73 Å². The lowest BCUT2D eigenvalue weighted by molar-refractivity contribution is 0.457. The molecule has 14 heavy (non-hydrogen) atoms. The Hall–Kier alpha value is -0.240. The predicted molar refractivity (Wildman–Crippen MR) is 62.8 cm³/mol. The predicted octanol–water partition coefficient (Wildman–Crippen LogP) is 4.04. The molecule has 0 aliphatic rings. The highest BCUT2D eigenvalue weighted by molar-refractivity contribution is 6.33. The lowest BCUT2D eigenvalue weighted by Crippen LogP contribution is -2.18. The summed E-state index contributed by atoms with van der Waals surface area (Å²) >= 11 is 11.9. The Bertz CT molecular complexity index is 312. The Balaban J connectivity index is 2.99. The van der Waals surface area contributed by atoms with Gasteiger partial charge in [0.2, 0.25) is 0 Å². The Morgan fingerprint density at radius 1 is 1.36 bits per heavy atom. The molecule has 1 aromatic carbocycles. The molecule has 0 fully saturated rings. The number of nitrogens with two attached hydrogens (primary N) is 1. The molecule has 0 amide bonds. The Morgan fingerprint density at radius 2 is 2.00 bits per heavy atom. The highest BCUT2D eigenvalue weighted by atomic mass is 35.5. The minimum absolute atomic E-state index is 0.0359. The molecule has 0 aliphatic heterocycles. The summed E-state index contributed by atoms with van der Waals surface area (Å²) in [5, 5.41) is 1.38. The first kappa shape index (κ1) is 11.8. The SMILES string of the molecule is CCC(C)C(N)c1cc(Cl)ccc1Cl. The largest absolute Gasteiger partial charge is 0.324 e. The lowest BCUT2D eigenvalue weighted by atomic mass is 9.93. The van der Waals surface area contributed by atoms with Crippen LogP contribution in [0.3, 0.4) is 0 Å². The molecule has 0 saturated carbocycles. The third kappa shape index (κ3) is 2.63. The summed E-state index contributed by atoms with van der Waals surface area (Å²) in [6.45, 7) is 4.23. The van der Waals surface area contributed by atoms with Gasteiger partial charge in [0.1, 0.15) is 0 Å². The van der Waals surface area contributed by atoms with Crippen molar-refractivity contribution in [2.24, 2.45) is 11.7 Å². The number of hydrogen-bond donors (Lipinski definition) is 1. The quantitative estimate of drug-likeness (QED) is 0.836. The van der Waals surface area contributed by atoms with Crippen LogP contribution in [0.4, 0.5) is 0 Å². The molecular weight excluding hydrogens is 217 g/mol. The van der Waals surface area contributed by atoms with Crippen LogP contribution in [0, 0.1) is 5.92 Å². The van der Waals surface area contributed by atoms with E-state index in [0.29, 0.717) is 16.0 Å². The van der Waals surface area contributed by atoms with E-state index in [9.17, 15) is 0 Å². The maximum absolute atomic E-state index is 6.08. The minimum Gasteiger partial charge on any atom is -0.324 e. The second-order valence-corrected chi connectivity index (χ2v) is 4.42. The average Bonchev–Trinajstić information content (AvgIpc) is 2.19. The van der Waals surface area contributed by atoms with Crippen molar-refractivity contribution in [2.45, 2.75) is 26.3 Å². The Kier molecular flexibility index (Phi) is 4.24. The molecule has 2 N–H and O–H groups in total. The third-order valence-corrected chi connectivity index (χ3v) is 3.15. The first-order valence-electron chi connectivity index (χ1n) is 4.76. The maximum atomic E-state index is 6.08. The van der Waals surface area contributed by atoms with Crippen LogP contribution in [0.1, 0.15) is 31.9 Å². The van der Waals surface area contributed by atoms with Crippen molar-refractivity contribution in [3.63, 3.8) is 0 Å². The normalized spacial score (nSPS) is 15.2. The zero-order chi connectivity index (χ0) is 10.7. The zero-order valence-electron chi connectivity index (χ0n) is 8.43. The third-order valence-electron chi connectivity index (χ3n) is 2.57. The van der Waals surface area contributed by atoms with Gasteiger partial charge in [-0.05, 0) is 29.7 Å². The van der Waals surface area contributed by atoms with Gasteiger partial charge in [-0.2, -0.15) is 0 Å². The van der Waals surface area contributed by atoms with E-state index in [2.05, 4.69) is 13.8 Å². The highest BCUT2D eigenvalue weighted by Crippen LogP contribution is 2.30. The molecule has 1 nitrogen and oxygen atoms in total. The zero-order valence-corrected chi connectivity index (χ0v) is 9.94. The molecular formula is C11H15Cl2N. The summed E-state index contributed by atoms with van der Waals surface area (Å²) in [7, 11) is 0. The summed E-state index contributed by atoms with van der Waals surface area (Å²) in [6, 6.07) is 5.38. The summed E-state index contributed by atoms with van der Waals surface area (Å²) < 4.78 is 0. The van der Waals surface area contributed by atoms with Crippen molar-refractivity contribution < 1.29 is 0 Å². The molecule has 0 heterocycles. The van der Waals surface area contributed by atoms with Crippen molar-refractivity contribution in [3.05, 3.63) is 33.8 Å². The molecule has 0 aromatic heterocycles. The molecule has 0 radical (unpaired) electrons. The van der Waals surface area contributed by atoms with Crippen LogP contribution in [-0.2, 0) is 0 Å². The summed E-state index contributed by atoms with van der Waals surface area (Å²) in [5.74, 6) is 0.408. The molecule has 0 aliphatic carbocycles. The molecule has 78 valence electrons. The fourth-order valence-electron chi connectivity index (χ4n) is 1.33. The van der Waals surface area contributed by atoms with Crippen LogP contribution in [0.25, 0.3) is 0 Å². The van der Waals surface area contributed by atoms with Gasteiger partial charge >= 0.3 is 0 Å². The molecule has 2 unspecified atom stereocenters. The standard InChI is InChI=1S/C11H15Cl2N/c1-3-7(2)11(14)9-6-8(12)4-5-10(9)13/h4-7,11H,3,14H2,1-2H3. The summed E-state index contributed by atoms with van der Waals surface area (Å²) in [6.07, 6.45) is 1.03. The number of benzene rings is 1. The van der Waals surface area contributed by atoms with Gasteiger partial charge in [0.05, 0.1) is 0 Å². The van der Waals surface area contributed by atoms with Crippen molar-refractivity contribution in [2.75, 3.05) is 0 Å². The first-order valence-corrected chi connectivity index (χ1v) is 5.52. The summed E-state index contributed by atoms with van der Waals surface area (Å²) in [5.41, 5.74) is 7.01. The first-order chi connectivity index (χ1) is 6.56. The second-order valence-electron chi connectivity index (χ2n) is 3.58. The van der Waals surface area contributed by atoms with E-state index >= 15 is 0 Å². The fraction of sp³-hybridized carbons (Fsp3) is 0.455. The van der Waals surface area contributed by atoms with E-state index in [4.69, 9.17) is 28.9 Å². The number of halogens is 2. The molecule has 2 atom stereocenters. The second kappa shape index (κ2) is 5.01. The maximum Gasteiger partial charge on any atom is 0.0454 e.